The molecule has 2 atom stereocenters. The van der Waals surface area contributed by atoms with Crippen molar-refractivity contribution in [1.29, 1.82) is 0 Å². The van der Waals surface area contributed by atoms with Gasteiger partial charge < -0.3 is 8.84 Å². The average molecular weight is 406 g/mol. The minimum atomic E-state index is -1.96. The summed E-state index contributed by atoms with van der Waals surface area (Å²) in [4.78, 5) is 4.49. The number of oxazole rings is 1. The SMILES string of the molecule is CC(C)(C)[Si](C)(C)OC(c1ncco1)C1Cc2ccc(-c3ccccc3)cc2C1. The molecule has 0 amide bonds. The maximum absolute atomic E-state index is 6.86. The molecule has 0 aliphatic heterocycles. The van der Waals surface area contributed by atoms with Crippen LogP contribution < -0.4 is 0 Å². The summed E-state index contributed by atoms with van der Waals surface area (Å²) in [5, 5.41) is 0.143. The fourth-order valence-electron chi connectivity index (χ4n) is 3.89. The molecular weight excluding hydrogens is 374 g/mol. The molecule has 1 aliphatic carbocycles. The number of benzene rings is 2. The van der Waals surface area contributed by atoms with E-state index in [4.69, 9.17) is 8.84 Å². The molecule has 0 saturated carbocycles. The summed E-state index contributed by atoms with van der Waals surface area (Å²) >= 11 is 0. The molecule has 3 nitrogen and oxygen atoms in total. The van der Waals surface area contributed by atoms with Crippen molar-refractivity contribution in [2.75, 3.05) is 0 Å². The van der Waals surface area contributed by atoms with Gasteiger partial charge in [0.15, 0.2) is 8.32 Å². The molecule has 0 spiro atoms. The van der Waals surface area contributed by atoms with Crippen LogP contribution in [0.5, 0.6) is 0 Å². The monoisotopic (exact) mass is 405 g/mol. The molecule has 2 unspecified atom stereocenters. The molecule has 0 radical (unpaired) electrons. The first-order valence-electron chi connectivity index (χ1n) is 10.5. The lowest BCUT2D eigenvalue weighted by molar-refractivity contribution is 0.0944. The first-order chi connectivity index (χ1) is 13.7. The minimum Gasteiger partial charge on any atom is -0.446 e. The summed E-state index contributed by atoms with van der Waals surface area (Å²) in [6.45, 7) is 11.4. The number of hydrogen-bond acceptors (Lipinski definition) is 3. The lowest BCUT2D eigenvalue weighted by atomic mass is 9.99. The van der Waals surface area contributed by atoms with Gasteiger partial charge in [0.2, 0.25) is 5.89 Å². The van der Waals surface area contributed by atoms with Crippen LogP contribution in [-0.2, 0) is 17.3 Å². The van der Waals surface area contributed by atoms with E-state index in [1.165, 1.54) is 22.3 Å². The van der Waals surface area contributed by atoms with Crippen molar-refractivity contribution in [3.63, 3.8) is 0 Å². The summed E-state index contributed by atoms with van der Waals surface area (Å²) in [7, 11) is -1.96. The van der Waals surface area contributed by atoms with Gasteiger partial charge >= 0.3 is 0 Å². The molecule has 152 valence electrons. The summed E-state index contributed by atoms with van der Waals surface area (Å²) in [5.74, 6) is 1.07. The van der Waals surface area contributed by atoms with E-state index in [1.807, 2.05) is 0 Å². The number of fused-ring (bicyclic) bond motifs is 1. The van der Waals surface area contributed by atoms with E-state index in [2.05, 4.69) is 87.4 Å². The Morgan fingerprint density at radius 3 is 2.38 bits per heavy atom. The molecule has 3 aromatic rings. The molecule has 0 bridgehead atoms. The molecule has 1 heterocycles. The number of aromatic nitrogens is 1. The fraction of sp³-hybridized carbons (Fsp3) is 0.400. The van der Waals surface area contributed by atoms with Crippen LogP contribution in [0.25, 0.3) is 11.1 Å². The van der Waals surface area contributed by atoms with Crippen molar-refractivity contribution < 1.29 is 8.84 Å². The van der Waals surface area contributed by atoms with E-state index in [0.29, 0.717) is 5.92 Å². The highest BCUT2D eigenvalue weighted by Gasteiger charge is 2.43. The second-order valence-corrected chi connectivity index (χ2v) is 14.4. The van der Waals surface area contributed by atoms with Gasteiger partial charge in [0.05, 0.1) is 6.20 Å². The van der Waals surface area contributed by atoms with E-state index < -0.39 is 8.32 Å². The Morgan fingerprint density at radius 2 is 1.72 bits per heavy atom. The summed E-state index contributed by atoms with van der Waals surface area (Å²) in [5.41, 5.74) is 5.39. The standard InChI is InChI=1S/C25H31NO2Si/c1-25(2,3)29(4,5)28-23(24-26-13-14-27-24)22-16-20-12-11-19(15-21(20)17-22)18-9-7-6-8-10-18/h6-15,22-23H,16-17H2,1-5H3. The predicted molar refractivity (Wildman–Crippen MR) is 120 cm³/mol. The number of rotatable bonds is 5. The molecular formula is C25H31NO2Si. The van der Waals surface area contributed by atoms with Crippen LogP contribution in [0.2, 0.25) is 18.1 Å². The van der Waals surface area contributed by atoms with E-state index >= 15 is 0 Å². The second kappa shape index (κ2) is 7.58. The Bertz CT molecular complexity index is 958. The Balaban J connectivity index is 1.61. The van der Waals surface area contributed by atoms with Gasteiger partial charge in [-0.3, -0.25) is 0 Å². The van der Waals surface area contributed by atoms with Crippen LogP contribution >= 0.6 is 0 Å². The maximum Gasteiger partial charge on any atom is 0.222 e. The minimum absolute atomic E-state index is 0.0986. The van der Waals surface area contributed by atoms with Crippen LogP contribution in [0.4, 0.5) is 0 Å². The van der Waals surface area contributed by atoms with Crippen molar-refractivity contribution in [3.8, 4) is 11.1 Å². The average Bonchev–Trinajstić information content (AvgIpc) is 3.35. The van der Waals surface area contributed by atoms with Crippen LogP contribution in [0.15, 0.2) is 65.4 Å². The van der Waals surface area contributed by atoms with E-state index in [0.717, 1.165) is 18.7 Å². The van der Waals surface area contributed by atoms with Crippen LogP contribution in [0.3, 0.4) is 0 Å². The quantitative estimate of drug-likeness (QED) is 0.437. The van der Waals surface area contributed by atoms with Crippen LogP contribution in [0, 0.1) is 5.92 Å². The van der Waals surface area contributed by atoms with Crippen LogP contribution in [0.1, 0.15) is 43.9 Å². The van der Waals surface area contributed by atoms with Crippen molar-refractivity contribution >= 4 is 8.32 Å². The summed E-state index contributed by atoms with van der Waals surface area (Å²) < 4.78 is 12.6. The molecule has 2 aromatic carbocycles. The van der Waals surface area contributed by atoms with Gasteiger partial charge in [-0.25, -0.2) is 4.98 Å². The first-order valence-corrected chi connectivity index (χ1v) is 13.4. The van der Waals surface area contributed by atoms with Gasteiger partial charge in [-0.15, -0.1) is 0 Å². The zero-order chi connectivity index (χ0) is 20.6. The topological polar surface area (TPSA) is 35.3 Å². The summed E-state index contributed by atoms with van der Waals surface area (Å²) in [6.07, 6.45) is 5.29. The molecule has 1 aliphatic rings. The molecule has 4 rings (SSSR count). The summed E-state index contributed by atoms with van der Waals surface area (Å²) in [6, 6.07) is 17.5. The van der Waals surface area contributed by atoms with E-state index in [1.54, 1.807) is 12.5 Å². The zero-order valence-electron chi connectivity index (χ0n) is 18.1. The van der Waals surface area contributed by atoms with Gasteiger partial charge in [0.25, 0.3) is 0 Å². The molecule has 0 N–H and O–H groups in total. The van der Waals surface area contributed by atoms with Gasteiger partial charge in [0, 0.05) is 5.92 Å². The number of nitrogens with zero attached hydrogens (tertiary/aromatic N) is 1. The lowest BCUT2D eigenvalue weighted by Gasteiger charge is -2.40. The Hall–Kier alpha value is -2.17. The van der Waals surface area contributed by atoms with Gasteiger partial charge in [-0.05, 0) is 53.2 Å². The number of hydrogen-bond donors (Lipinski definition) is 0. The predicted octanol–water partition coefficient (Wildman–Crippen LogP) is 6.82. The third kappa shape index (κ3) is 4.10. The maximum atomic E-state index is 6.86. The van der Waals surface area contributed by atoms with Crippen molar-refractivity contribution in [3.05, 3.63) is 78.0 Å². The van der Waals surface area contributed by atoms with Crippen molar-refractivity contribution in [2.24, 2.45) is 5.92 Å². The molecule has 29 heavy (non-hydrogen) atoms. The highest BCUT2D eigenvalue weighted by atomic mass is 28.4. The lowest BCUT2D eigenvalue weighted by Crippen LogP contribution is -2.43. The van der Waals surface area contributed by atoms with Gasteiger partial charge in [-0.1, -0.05) is 69.3 Å². The van der Waals surface area contributed by atoms with Gasteiger partial charge in [-0.2, -0.15) is 0 Å². The smallest absolute Gasteiger partial charge is 0.222 e. The van der Waals surface area contributed by atoms with Crippen molar-refractivity contribution in [1.82, 2.24) is 4.98 Å². The zero-order valence-corrected chi connectivity index (χ0v) is 19.1. The van der Waals surface area contributed by atoms with E-state index in [9.17, 15) is 0 Å². The first kappa shape index (κ1) is 20.1. The molecule has 0 fully saturated rings. The third-order valence-corrected chi connectivity index (χ3v) is 11.1. The third-order valence-electron chi connectivity index (χ3n) is 6.63. The Labute approximate surface area is 175 Å². The molecule has 4 heteroatoms. The largest absolute Gasteiger partial charge is 0.446 e. The van der Waals surface area contributed by atoms with Crippen LogP contribution in [-0.4, -0.2) is 13.3 Å². The Kier molecular flexibility index (Phi) is 5.26. The Morgan fingerprint density at radius 1 is 1.00 bits per heavy atom. The van der Waals surface area contributed by atoms with E-state index in [-0.39, 0.29) is 11.1 Å². The van der Waals surface area contributed by atoms with Crippen molar-refractivity contribution in [2.45, 2.75) is 57.8 Å². The van der Waals surface area contributed by atoms with Gasteiger partial charge in [0.1, 0.15) is 12.4 Å². The highest BCUT2D eigenvalue weighted by molar-refractivity contribution is 6.74. The molecule has 0 saturated heterocycles. The second-order valence-electron chi connectivity index (χ2n) is 9.69. The normalized spacial score (nSPS) is 17.9. The fourth-order valence-corrected chi connectivity index (χ4v) is 5.18. The molecule has 1 aromatic heterocycles. The highest BCUT2D eigenvalue weighted by Crippen LogP contribution is 2.44.